The number of nitrogens with zero attached hydrogens (tertiary/aromatic N) is 1. The van der Waals surface area contributed by atoms with Gasteiger partial charge in [-0.25, -0.2) is 0 Å². The van der Waals surface area contributed by atoms with Crippen LogP contribution in [0.15, 0.2) is 0 Å². The van der Waals surface area contributed by atoms with Gasteiger partial charge in [0.15, 0.2) is 8.32 Å². The number of hydrogen-bond donors (Lipinski definition) is 0. The van der Waals surface area contributed by atoms with Crippen LogP contribution in [0, 0.1) is 0 Å². The SMILES string of the molecule is CCO[Si](C)(C)CCCN([Si](CC)(CC)CC)[Si](CC)(CC)CC. The van der Waals surface area contributed by atoms with Crippen LogP contribution in [0.1, 0.15) is 54.9 Å². The molecule has 0 rings (SSSR count). The summed E-state index contributed by atoms with van der Waals surface area (Å²) in [5.74, 6) is 0. The van der Waals surface area contributed by atoms with Crippen LogP contribution in [0.25, 0.3) is 0 Å². The Hall–Kier alpha value is 0.571. The largest absolute Gasteiger partial charge is 0.418 e. The van der Waals surface area contributed by atoms with E-state index in [-0.39, 0.29) is 0 Å². The summed E-state index contributed by atoms with van der Waals surface area (Å²) in [5.41, 5.74) is 0. The van der Waals surface area contributed by atoms with Gasteiger partial charge in [0.25, 0.3) is 0 Å². The maximum absolute atomic E-state index is 6.08. The Balaban J connectivity index is 5.42. The summed E-state index contributed by atoms with van der Waals surface area (Å²) in [4.78, 5) is 0. The van der Waals surface area contributed by atoms with E-state index in [2.05, 4.69) is 65.8 Å². The number of hydrogen-bond acceptors (Lipinski definition) is 2. The molecule has 0 aliphatic heterocycles. The second kappa shape index (κ2) is 11.3. The minimum atomic E-state index is -1.45. The molecule has 0 bridgehead atoms. The van der Waals surface area contributed by atoms with Crippen molar-refractivity contribution >= 4 is 24.8 Å². The van der Waals surface area contributed by atoms with E-state index in [4.69, 9.17) is 4.43 Å². The van der Waals surface area contributed by atoms with Crippen molar-refractivity contribution in [2.75, 3.05) is 13.2 Å². The van der Waals surface area contributed by atoms with Crippen molar-refractivity contribution in [2.24, 2.45) is 0 Å². The van der Waals surface area contributed by atoms with Crippen molar-refractivity contribution in [1.29, 1.82) is 0 Å². The van der Waals surface area contributed by atoms with Crippen molar-refractivity contribution in [3.8, 4) is 0 Å². The highest BCUT2D eigenvalue weighted by atomic mass is 28.4. The molecular formula is C19H47NOSi3. The summed E-state index contributed by atoms with van der Waals surface area (Å²) in [5, 5.41) is 0. The zero-order valence-electron chi connectivity index (χ0n) is 18.4. The van der Waals surface area contributed by atoms with Crippen LogP contribution >= 0.6 is 0 Å². The van der Waals surface area contributed by atoms with E-state index in [1.165, 1.54) is 55.3 Å². The Labute approximate surface area is 157 Å². The fourth-order valence-electron chi connectivity index (χ4n) is 4.75. The molecule has 0 spiro atoms. The van der Waals surface area contributed by atoms with Crippen LogP contribution in [0.5, 0.6) is 0 Å². The number of rotatable bonds is 14. The second-order valence-electron chi connectivity index (χ2n) is 8.02. The fraction of sp³-hybridized carbons (Fsp3) is 1.00. The lowest BCUT2D eigenvalue weighted by atomic mass is 10.5. The Kier molecular flexibility index (Phi) is 11.6. The molecule has 24 heavy (non-hydrogen) atoms. The fourth-order valence-corrected chi connectivity index (χ4v) is 20.1. The lowest BCUT2D eigenvalue weighted by Crippen LogP contribution is -2.66. The minimum Gasteiger partial charge on any atom is -0.418 e. The second-order valence-corrected chi connectivity index (χ2v) is 23.0. The maximum atomic E-state index is 6.08. The Morgan fingerprint density at radius 1 is 0.667 bits per heavy atom. The Bertz CT molecular complexity index is 292. The van der Waals surface area contributed by atoms with E-state index in [0.717, 1.165) is 6.61 Å². The first-order valence-electron chi connectivity index (χ1n) is 10.7. The van der Waals surface area contributed by atoms with Crippen LogP contribution in [-0.2, 0) is 4.43 Å². The molecule has 0 atom stereocenters. The molecule has 0 heterocycles. The van der Waals surface area contributed by atoms with Crippen LogP contribution in [0.4, 0.5) is 0 Å². The minimum absolute atomic E-state index is 0.887. The van der Waals surface area contributed by atoms with Gasteiger partial charge in [-0.2, -0.15) is 0 Å². The molecule has 146 valence electrons. The highest BCUT2D eigenvalue weighted by Crippen LogP contribution is 2.36. The highest BCUT2D eigenvalue weighted by molar-refractivity contribution is 6.92. The first kappa shape index (κ1) is 24.6. The predicted molar refractivity (Wildman–Crippen MR) is 120 cm³/mol. The third-order valence-electron chi connectivity index (χ3n) is 6.79. The Morgan fingerprint density at radius 2 is 1.04 bits per heavy atom. The van der Waals surface area contributed by atoms with E-state index < -0.39 is 24.8 Å². The zero-order chi connectivity index (χ0) is 18.9. The summed E-state index contributed by atoms with van der Waals surface area (Å²) in [6, 6.07) is 9.91. The summed E-state index contributed by atoms with van der Waals surface area (Å²) < 4.78 is 9.30. The van der Waals surface area contributed by atoms with Crippen LogP contribution in [0.3, 0.4) is 0 Å². The average Bonchev–Trinajstić information content (AvgIpc) is 2.58. The van der Waals surface area contributed by atoms with Crippen molar-refractivity contribution in [3.63, 3.8) is 0 Å². The summed E-state index contributed by atoms with van der Waals surface area (Å²) >= 11 is 0. The van der Waals surface area contributed by atoms with Gasteiger partial charge in [-0.1, -0.05) is 41.5 Å². The van der Waals surface area contributed by atoms with Crippen LogP contribution < -0.4 is 0 Å². The lowest BCUT2D eigenvalue weighted by molar-refractivity contribution is 0.327. The van der Waals surface area contributed by atoms with Crippen LogP contribution in [0.2, 0.25) is 55.4 Å². The molecule has 0 amide bonds. The van der Waals surface area contributed by atoms with Crippen molar-refractivity contribution in [3.05, 3.63) is 0 Å². The average molecular weight is 390 g/mol. The molecule has 0 aromatic carbocycles. The maximum Gasteiger partial charge on any atom is 0.186 e. The highest BCUT2D eigenvalue weighted by Gasteiger charge is 2.45. The van der Waals surface area contributed by atoms with Gasteiger partial charge in [0.1, 0.15) is 16.5 Å². The van der Waals surface area contributed by atoms with E-state index in [1.807, 2.05) is 0 Å². The molecule has 0 saturated heterocycles. The molecule has 0 radical (unpaired) electrons. The van der Waals surface area contributed by atoms with Crippen molar-refractivity contribution in [1.82, 2.24) is 4.23 Å². The van der Waals surface area contributed by atoms with Gasteiger partial charge in [-0.05, 0) is 75.3 Å². The summed E-state index contributed by atoms with van der Waals surface area (Å²) in [6.45, 7) is 24.0. The zero-order valence-corrected chi connectivity index (χ0v) is 21.4. The van der Waals surface area contributed by atoms with Gasteiger partial charge in [0.2, 0.25) is 0 Å². The molecule has 2 nitrogen and oxygen atoms in total. The molecule has 0 aliphatic carbocycles. The molecule has 0 aliphatic rings. The van der Waals surface area contributed by atoms with Crippen LogP contribution in [-0.4, -0.2) is 42.2 Å². The van der Waals surface area contributed by atoms with Gasteiger partial charge < -0.3 is 8.66 Å². The van der Waals surface area contributed by atoms with Gasteiger partial charge in [0, 0.05) is 6.61 Å². The molecule has 0 aromatic rings. The van der Waals surface area contributed by atoms with E-state index in [9.17, 15) is 0 Å². The third kappa shape index (κ3) is 6.08. The van der Waals surface area contributed by atoms with E-state index in [0.29, 0.717) is 0 Å². The molecular weight excluding hydrogens is 342 g/mol. The summed E-state index contributed by atoms with van der Waals surface area (Å²) in [6.07, 6.45) is 1.35. The van der Waals surface area contributed by atoms with Crippen molar-refractivity contribution in [2.45, 2.75) is 110 Å². The first-order chi connectivity index (χ1) is 11.3. The van der Waals surface area contributed by atoms with E-state index in [1.54, 1.807) is 0 Å². The third-order valence-corrected chi connectivity index (χ3v) is 22.9. The molecule has 0 fully saturated rings. The van der Waals surface area contributed by atoms with E-state index >= 15 is 0 Å². The Morgan fingerprint density at radius 3 is 1.33 bits per heavy atom. The van der Waals surface area contributed by atoms with Gasteiger partial charge >= 0.3 is 0 Å². The molecule has 0 saturated carbocycles. The summed E-state index contributed by atoms with van der Waals surface area (Å²) in [7, 11) is -4.03. The molecule has 0 aromatic heterocycles. The monoisotopic (exact) mass is 389 g/mol. The van der Waals surface area contributed by atoms with Gasteiger partial charge in [-0.15, -0.1) is 0 Å². The molecule has 0 unspecified atom stereocenters. The molecule has 0 N–H and O–H groups in total. The molecule has 5 heteroatoms. The standard InChI is InChI=1S/C19H47NOSi3/c1-10-21-22(8,9)19-17-18-20(23(11-2,12-3)13-4)24(14-5,15-6)16-7/h10-19H2,1-9H3. The normalized spacial score (nSPS) is 13.8. The topological polar surface area (TPSA) is 12.5 Å². The lowest BCUT2D eigenvalue weighted by Gasteiger charge is -2.52. The predicted octanol–water partition coefficient (Wildman–Crippen LogP) is 6.93. The smallest absolute Gasteiger partial charge is 0.186 e. The quantitative estimate of drug-likeness (QED) is 0.298. The first-order valence-corrected chi connectivity index (χ1v) is 18.9. The van der Waals surface area contributed by atoms with Gasteiger partial charge in [-0.3, -0.25) is 0 Å². The van der Waals surface area contributed by atoms with Crippen molar-refractivity contribution < 1.29 is 4.43 Å². The van der Waals surface area contributed by atoms with Gasteiger partial charge in [0.05, 0.1) is 0 Å².